The van der Waals surface area contributed by atoms with Gasteiger partial charge in [-0.2, -0.15) is 0 Å². The molecule has 3 nitrogen and oxygen atoms in total. The fourth-order valence-corrected chi connectivity index (χ4v) is 2.40. The monoisotopic (exact) mass is 349 g/mol. The third-order valence-corrected chi connectivity index (χ3v) is 3.69. The molecule has 3 aromatic rings. The molecule has 0 bridgehead atoms. The average Bonchev–Trinajstić information content (AvgIpc) is 2.68. The van der Waals surface area contributed by atoms with Gasteiger partial charge in [0.1, 0.15) is 12.4 Å². The summed E-state index contributed by atoms with van der Waals surface area (Å²) in [5, 5.41) is 0. The van der Waals surface area contributed by atoms with Crippen molar-refractivity contribution >= 4 is 11.9 Å². The number of ether oxygens (including phenoxy) is 2. The van der Waals surface area contributed by atoms with Gasteiger partial charge in [0.05, 0.1) is 12.3 Å². The lowest BCUT2D eigenvalue weighted by Gasteiger charge is -2.12. The highest BCUT2D eigenvalue weighted by molar-refractivity contribution is 5.83. The van der Waals surface area contributed by atoms with Crippen molar-refractivity contribution in [3.8, 4) is 11.5 Å². The fraction of sp³-hybridized carbons (Fsp3) is 0.136. The number of rotatable bonds is 7. The van der Waals surface area contributed by atoms with Crippen LogP contribution < -0.4 is 9.47 Å². The Morgan fingerprint density at radius 2 is 1.65 bits per heavy atom. The van der Waals surface area contributed by atoms with E-state index in [1.165, 1.54) is 12.1 Å². The summed E-state index contributed by atoms with van der Waals surface area (Å²) in [6.45, 7) is 2.95. The molecule has 0 saturated carbocycles. The Hall–Kier alpha value is -3.14. The molecule has 0 unspecified atom stereocenters. The molecule has 0 atom stereocenters. The normalized spacial score (nSPS) is 10.8. The lowest BCUT2D eigenvalue weighted by molar-refractivity contribution is 0.269. The molecule has 26 heavy (non-hydrogen) atoms. The van der Waals surface area contributed by atoms with E-state index < -0.39 is 0 Å². The topological polar surface area (TPSA) is 30.8 Å². The molecule has 0 aliphatic heterocycles. The van der Waals surface area contributed by atoms with E-state index in [0.717, 1.165) is 11.1 Å². The zero-order valence-corrected chi connectivity index (χ0v) is 14.6. The number of aliphatic imine (C=N–C) groups is 1. The molecule has 132 valence electrons. The third-order valence-electron chi connectivity index (χ3n) is 3.69. The SMILES string of the molecule is CCOc1cc(C=Nc2ccc(F)cc2)ccc1OCc1ccccc1. The molecule has 3 rings (SSSR count). The summed E-state index contributed by atoms with van der Waals surface area (Å²) in [5.41, 5.74) is 2.66. The van der Waals surface area contributed by atoms with Crippen LogP contribution in [0.1, 0.15) is 18.1 Å². The third kappa shape index (κ3) is 4.93. The van der Waals surface area contributed by atoms with E-state index in [4.69, 9.17) is 9.47 Å². The van der Waals surface area contributed by atoms with Crippen molar-refractivity contribution in [3.63, 3.8) is 0 Å². The Bertz CT molecular complexity index is 861. The molecule has 3 aromatic carbocycles. The Morgan fingerprint density at radius 1 is 0.885 bits per heavy atom. The first kappa shape index (κ1) is 17.7. The van der Waals surface area contributed by atoms with Gasteiger partial charge < -0.3 is 9.47 Å². The van der Waals surface area contributed by atoms with Crippen LogP contribution in [-0.4, -0.2) is 12.8 Å². The van der Waals surface area contributed by atoms with Gasteiger partial charge in [-0.25, -0.2) is 4.39 Å². The molecule has 0 fully saturated rings. The van der Waals surface area contributed by atoms with Crippen LogP contribution in [0.15, 0.2) is 77.8 Å². The maximum absolute atomic E-state index is 12.9. The van der Waals surface area contributed by atoms with E-state index in [1.807, 2.05) is 55.5 Å². The fourth-order valence-electron chi connectivity index (χ4n) is 2.40. The van der Waals surface area contributed by atoms with Crippen molar-refractivity contribution in [1.29, 1.82) is 0 Å². The quantitative estimate of drug-likeness (QED) is 0.523. The smallest absolute Gasteiger partial charge is 0.161 e. The molecular formula is C22H20FNO2. The molecule has 0 heterocycles. The van der Waals surface area contributed by atoms with E-state index in [1.54, 1.807) is 18.3 Å². The number of hydrogen-bond acceptors (Lipinski definition) is 3. The number of nitrogens with zero attached hydrogens (tertiary/aromatic N) is 1. The van der Waals surface area contributed by atoms with Crippen LogP contribution in [0.2, 0.25) is 0 Å². The van der Waals surface area contributed by atoms with Gasteiger partial charge in [-0.05, 0) is 60.5 Å². The standard InChI is InChI=1S/C22H20FNO2/c1-2-25-22-14-18(15-24-20-11-9-19(23)10-12-20)8-13-21(22)26-16-17-6-4-3-5-7-17/h3-15H,2,16H2,1H3. The van der Waals surface area contributed by atoms with Gasteiger partial charge in [-0.15, -0.1) is 0 Å². The summed E-state index contributed by atoms with van der Waals surface area (Å²) in [6.07, 6.45) is 1.72. The van der Waals surface area contributed by atoms with Gasteiger partial charge in [-0.3, -0.25) is 4.99 Å². The average molecular weight is 349 g/mol. The molecule has 0 aromatic heterocycles. The summed E-state index contributed by atoms with van der Waals surface area (Å²) in [6, 6.07) is 21.7. The first-order valence-corrected chi connectivity index (χ1v) is 8.48. The predicted octanol–water partition coefficient (Wildman–Crippen LogP) is 5.55. The first-order chi connectivity index (χ1) is 12.7. The molecule has 0 amide bonds. The summed E-state index contributed by atoms with van der Waals surface area (Å²) >= 11 is 0. The van der Waals surface area contributed by atoms with Crippen molar-refractivity contribution in [3.05, 3.63) is 89.7 Å². The second-order valence-electron chi connectivity index (χ2n) is 5.65. The van der Waals surface area contributed by atoms with Gasteiger partial charge in [0.2, 0.25) is 0 Å². The largest absolute Gasteiger partial charge is 0.490 e. The Balaban J connectivity index is 1.74. The Labute approximate surface area is 152 Å². The van der Waals surface area contributed by atoms with E-state index in [9.17, 15) is 4.39 Å². The van der Waals surface area contributed by atoms with Gasteiger partial charge >= 0.3 is 0 Å². The van der Waals surface area contributed by atoms with E-state index in [-0.39, 0.29) is 5.82 Å². The number of halogens is 1. The second-order valence-corrected chi connectivity index (χ2v) is 5.65. The van der Waals surface area contributed by atoms with Crippen molar-refractivity contribution in [2.24, 2.45) is 4.99 Å². The van der Waals surface area contributed by atoms with E-state index in [2.05, 4.69) is 4.99 Å². The Kier molecular flexibility index (Phi) is 5.99. The van der Waals surface area contributed by atoms with Crippen LogP contribution in [-0.2, 0) is 6.61 Å². The van der Waals surface area contributed by atoms with Crippen LogP contribution >= 0.6 is 0 Å². The molecule has 0 spiro atoms. The van der Waals surface area contributed by atoms with Crippen molar-refractivity contribution in [2.75, 3.05) is 6.61 Å². The van der Waals surface area contributed by atoms with Crippen LogP contribution in [0.25, 0.3) is 0 Å². The lowest BCUT2D eigenvalue weighted by Crippen LogP contribution is -2.00. The Morgan fingerprint density at radius 3 is 2.38 bits per heavy atom. The summed E-state index contributed by atoms with van der Waals surface area (Å²) in [4.78, 5) is 4.35. The summed E-state index contributed by atoms with van der Waals surface area (Å²) in [7, 11) is 0. The zero-order valence-electron chi connectivity index (χ0n) is 14.6. The van der Waals surface area contributed by atoms with Crippen LogP contribution in [0.3, 0.4) is 0 Å². The number of hydrogen-bond donors (Lipinski definition) is 0. The molecule has 4 heteroatoms. The van der Waals surface area contributed by atoms with Crippen LogP contribution in [0.5, 0.6) is 11.5 Å². The second kappa shape index (κ2) is 8.81. The maximum atomic E-state index is 12.9. The van der Waals surface area contributed by atoms with Crippen LogP contribution in [0, 0.1) is 5.82 Å². The van der Waals surface area contributed by atoms with Crippen molar-refractivity contribution < 1.29 is 13.9 Å². The maximum Gasteiger partial charge on any atom is 0.161 e. The zero-order chi connectivity index (χ0) is 18.2. The highest BCUT2D eigenvalue weighted by Gasteiger charge is 2.06. The van der Waals surface area contributed by atoms with Gasteiger partial charge in [0.25, 0.3) is 0 Å². The first-order valence-electron chi connectivity index (χ1n) is 8.48. The molecule has 0 N–H and O–H groups in total. The van der Waals surface area contributed by atoms with Crippen LogP contribution in [0.4, 0.5) is 10.1 Å². The molecule has 0 aliphatic carbocycles. The highest BCUT2D eigenvalue weighted by atomic mass is 19.1. The minimum absolute atomic E-state index is 0.275. The minimum Gasteiger partial charge on any atom is -0.490 e. The van der Waals surface area contributed by atoms with Gasteiger partial charge in [0.15, 0.2) is 11.5 Å². The summed E-state index contributed by atoms with van der Waals surface area (Å²) < 4.78 is 24.5. The number of benzene rings is 3. The minimum atomic E-state index is -0.275. The highest BCUT2D eigenvalue weighted by Crippen LogP contribution is 2.29. The lowest BCUT2D eigenvalue weighted by atomic mass is 10.2. The van der Waals surface area contributed by atoms with Crippen molar-refractivity contribution in [2.45, 2.75) is 13.5 Å². The van der Waals surface area contributed by atoms with Crippen molar-refractivity contribution in [1.82, 2.24) is 0 Å². The summed E-state index contributed by atoms with van der Waals surface area (Å²) in [5.74, 6) is 1.09. The van der Waals surface area contributed by atoms with Gasteiger partial charge in [-0.1, -0.05) is 30.3 Å². The van der Waals surface area contributed by atoms with E-state index in [0.29, 0.717) is 30.4 Å². The van der Waals surface area contributed by atoms with E-state index >= 15 is 0 Å². The molecule has 0 aliphatic rings. The molecule has 0 radical (unpaired) electrons. The molecule has 0 saturated heterocycles. The van der Waals surface area contributed by atoms with Gasteiger partial charge in [0, 0.05) is 6.21 Å². The molecular weight excluding hydrogens is 329 g/mol. The predicted molar refractivity (Wildman–Crippen MR) is 102 cm³/mol.